The van der Waals surface area contributed by atoms with E-state index in [0.717, 1.165) is 37.4 Å². The molecule has 2 saturated carbocycles. The predicted molar refractivity (Wildman–Crippen MR) is 90.2 cm³/mol. The summed E-state index contributed by atoms with van der Waals surface area (Å²) in [6.45, 7) is 6.49. The van der Waals surface area contributed by atoms with E-state index in [1.54, 1.807) is 11.1 Å². The number of ether oxygens (including phenoxy) is 2. The summed E-state index contributed by atoms with van der Waals surface area (Å²) in [5.74, 6) is 2.74. The summed E-state index contributed by atoms with van der Waals surface area (Å²) >= 11 is 0. The topological polar surface area (TPSA) is 18.5 Å². The third-order valence-electron chi connectivity index (χ3n) is 7.72. The first kappa shape index (κ1) is 14.5. The monoisotopic (exact) mass is 312 g/mol. The molecule has 0 bridgehead atoms. The minimum Gasteiger partial charge on any atom is -0.347 e. The third-order valence-corrected chi connectivity index (χ3v) is 7.72. The van der Waals surface area contributed by atoms with Gasteiger partial charge in [-0.25, -0.2) is 0 Å². The van der Waals surface area contributed by atoms with Crippen molar-refractivity contribution in [3.8, 4) is 0 Å². The molecule has 5 rings (SSSR count). The van der Waals surface area contributed by atoms with Crippen LogP contribution in [0.2, 0.25) is 0 Å². The summed E-state index contributed by atoms with van der Waals surface area (Å²) in [6, 6.07) is 9.19. The molecule has 0 amide bonds. The Balaban J connectivity index is 1.56. The zero-order valence-electron chi connectivity index (χ0n) is 14.4. The number of hydrogen-bond donors (Lipinski definition) is 0. The zero-order valence-corrected chi connectivity index (χ0v) is 14.4. The maximum atomic E-state index is 6.27. The van der Waals surface area contributed by atoms with Crippen LogP contribution >= 0.6 is 0 Å². The quantitative estimate of drug-likeness (QED) is 0.700. The average Bonchev–Trinajstić information content (AvgIpc) is 3.12. The fourth-order valence-electron chi connectivity index (χ4n) is 6.95. The van der Waals surface area contributed by atoms with Gasteiger partial charge in [0.2, 0.25) is 0 Å². The first-order valence-corrected chi connectivity index (χ1v) is 9.50. The van der Waals surface area contributed by atoms with Gasteiger partial charge in [-0.05, 0) is 60.5 Å². The highest BCUT2D eigenvalue weighted by atomic mass is 16.7. The van der Waals surface area contributed by atoms with Gasteiger partial charge in [0, 0.05) is 11.8 Å². The summed E-state index contributed by atoms with van der Waals surface area (Å²) in [6.07, 6.45) is 6.25. The predicted octanol–water partition coefficient (Wildman–Crippen LogP) is 4.53. The molecule has 3 fully saturated rings. The standard InChI is InChI=1S/C21H28O2/c1-14-13-21(22-11-12-23-21)20(2)10-9-17-16-6-4-3-5-15(16)7-8-18(17)19(14)20/h3-6,14,17-19H,7-13H2,1-2H3/t14?,17?,18-,19?,20+/m1/s1. The molecule has 1 aromatic carbocycles. The van der Waals surface area contributed by atoms with Crippen LogP contribution in [0.25, 0.3) is 0 Å². The van der Waals surface area contributed by atoms with Gasteiger partial charge in [-0.2, -0.15) is 0 Å². The summed E-state index contributed by atoms with van der Waals surface area (Å²) < 4.78 is 12.5. The van der Waals surface area contributed by atoms with E-state index >= 15 is 0 Å². The molecule has 5 atom stereocenters. The van der Waals surface area contributed by atoms with Gasteiger partial charge in [0.05, 0.1) is 13.2 Å². The van der Waals surface area contributed by atoms with E-state index in [9.17, 15) is 0 Å². The summed E-state index contributed by atoms with van der Waals surface area (Å²) in [4.78, 5) is 0. The zero-order chi connectivity index (χ0) is 15.7. The largest absolute Gasteiger partial charge is 0.347 e. The molecule has 0 radical (unpaired) electrons. The van der Waals surface area contributed by atoms with E-state index in [-0.39, 0.29) is 11.2 Å². The molecule has 3 aliphatic carbocycles. The molecule has 1 heterocycles. The fourth-order valence-corrected chi connectivity index (χ4v) is 6.95. The van der Waals surface area contributed by atoms with Gasteiger partial charge in [-0.15, -0.1) is 0 Å². The minimum atomic E-state index is -0.279. The summed E-state index contributed by atoms with van der Waals surface area (Å²) in [7, 11) is 0. The fraction of sp³-hybridized carbons (Fsp3) is 0.714. The molecular formula is C21H28O2. The molecular weight excluding hydrogens is 284 g/mol. The van der Waals surface area contributed by atoms with Gasteiger partial charge in [0.1, 0.15) is 0 Å². The van der Waals surface area contributed by atoms with Crippen molar-refractivity contribution in [3.05, 3.63) is 35.4 Å². The molecule has 124 valence electrons. The first-order chi connectivity index (χ1) is 11.1. The SMILES string of the molecule is CC1CC2(OCCO2)[C@@]2(C)CCC3c4ccccc4CC[C@H]3C12. The lowest BCUT2D eigenvalue weighted by atomic mass is 9.53. The van der Waals surface area contributed by atoms with E-state index in [1.165, 1.54) is 25.7 Å². The van der Waals surface area contributed by atoms with Gasteiger partial charge in [0.15, 0.2) is 5.79 Å². The van der Waals surface area contributed by atoms with Crippen LogP contribution in [0.1, 0.15) is 56.6 Å². The molecule has 3 unspecified atom stereocenters. The molecule has 1 saturated heterocycles. The highest BCUT2D eigenvalue weighted by molar-refractivity contribution is 5.35. The molecule has 0 aromatic heterocycles. The Morgan fingerprint density at radius 2 is 1.87 bits per heavy atom. The van der Waals surface area contributed by atoms with Crippen molar-refractivity contribution in [1.82, 2.24) is 0 Å². The van der Waals surface area contributed by atoms with Crippen LogP contribution in [0.3, 0.4) is 0 Å². The number of aryl methyl sites for hydroxylation is 1. The third kappa shape index (κ3) is 1.77. The highest BCUT2D eigenvalue weighted by Gasteiger charge is 2.67. The number of fused-ring (bicyclic) bond motifs is 6. The molecule has 0 N–H and O–H groups in total. The normalized spacial score (nSPS) is 43.9. The highest BCUT2D eigenvalue weighted by Crippen LogP contribution is 2.67. The van der Waals surface area contributed by atoms with E-state index in [1.807, 2.05) is 0 Å². The van der Waals surface area contributed by atoms with Crippen LogP contribution in [-0.2, 0) is 15.9 Å². The molecule has 4 aliphatic rings. The lowest BCUT2D eigenvalue weighted by Crippen LogP contribution is -2.51. The lowest BCUT2D eigenvalue weighted by molar-refractivity contribution is -0.237. The van der Waals surface area contributed by atoms with Crippen molar-refractivity contribution >= 4 is 0 Å². The van der Waals surface area contributed by atoms with Crippen molar-refractivity contribution in [1.29, 1.82) is 0 Å². The Morgan fingerprint density at radius 3 is 2.70 bits per heavy atom. The number of benzene rings is 1. The molecule has 1 aliphatic heterocycles. The van der Waals surface area contributed by atoms with Crippen molar-refractivity contribution in [2.45, 2.75) is 57.7 Å². The Kier molecular flexibility index (Phi) is 3.04. The van der Waals surface area contributed by atoms with E-state index in [2.05, 4.69) is 38.1 Å². The van der Waals surface area contributed by atoms with Crippen LogP contribution in [0.4, 0.5) is 0 Å². The van der Waals surface area contributed by atoms with Crippen molar-refractivity contribution in [2.24, 2.45) is 23.2 Å². The molecule has 23 heavy (non-hydrogen) atoms. The average molecular weight is 312 g/mol. The van der Waals surface area contributed by atoms with Crippen LogP contribution in [0.15, 0.2) is 24.3 Å². The van der Waals surface area contributed by atoms with Gasteiger partial charge in [-0.1, -0.05) is 38.1 Å². The Hall–Kier alpha value is -0.860. The Morgan fingerprint density at radius 1 is 1.09 bits per heavy atom. The molecule has 2 heteroatoms. The van der Waals surface area contributed by atoms with Crippen LogP contribution < -0.4 is 0 Å². The molecule has 2 nitrogen and oxygen atoms in total. The number of hydrogen-bond acceptors (Lipinski definition) is 2. The summed E-state index contributed by atoms with van der Waals surface area (Å²) in [5, 5.41) is 0. The van der Waals surface area contributed by atoms with Crippen LogP contribution in [-0.4, -0.2) is 19.0 Å². The maximum absolute atomic E-state index is 6.27. The number of rotatable bonds is 0. The first-order valence-electron chi connectivity index (χ1n) is 9.50. The molecule has 1 aromatic rings. The molecule has 1 spiro atoms. The van der Waals surface area contributed by atoms with Crippen molar-refractivity contribution in [2.75, 3.05) is 13.2 Å². The van der Waals surface area contributed by atoms with Gasteiger partial charge in [-0.3, -0.25) is 0 Å². The Bertz CT molecular complexity index is 618. The maximum Gasteiger partial charge on any atom is 0.174 e. The smallest absolute Gasteiger partial charge is 0.174 e. The van der Waals surface area contributed by atoms with Gasteiger partial charge >= 0.3 is 0 Å². The van der Waals surface area contributed by atoms with Crippen molar-refractivity contribution < 1.29 is 9.47 Å². The van der Waals surface area contributed by atoms with Crippen molar-refractivity contribution in [3.63, 3.8) is 0 Å². The second-order valence-electron chi connectivity index (χ2n) is 8.62. The Labute approximate surface area is 139 Å². The second-order valence-corrected chi connectivity index (χ2v) is 8.62. The van der Waals surface area contributed by atoms with Gasteiger partial charge < -0.3 is 9.47 Å². The van der Waals surface area contributed by atoms with E-state index < -0.39 is 0 Å². The lowest BCUT2D eigenvalue weighted by Gasteiger charge is -2.53. The second kappa shape index (κ2) is 4.83. The summed E-state index contributed by atoms with van der Waals surface area (Å²) in [5.41, 5.74) is 3.45. The van der Waals surface area contributed by atoms with E-state index in [0.29, 0.717) is 5.92 Å². The van der Waals surface area contributed by atoms with Crippen LogP contribution in [0.5, 0.6) is 0 Å². The van der Waals surface area contributed by atoms with E-state index in [4.69, 9.17) is 9.47 Å². The van der Waals surface area contributed by atoms with Gasteiger partial charge in [0.25, 0.3) is 0 Å². The van der Waals surface area contributed by atoms with Crippen LogP contribution in [0, 0.1) is 23.2 Å². The minimum absolute atomic E-state index is 0.205.